The van der Waals surface area contributed by atoms with Crippen molar-refractivity contribution in [2.45, 2.75) is 19.4 Å². The summed E-state index contributed by atoms with van der Waals surface area (Å²) in [5, 5.41) is 3.17. The molecule has 0 aliphatic heterocycles. The van der Waals surface area contributed by atoms with Crippen LogP contribution in [0.4, 0.5) is 0 Å². The smallest absolute Gasteiger partial charge is 0.188 e. The second-order valence-corrected chi connectivity index (χ2v) is 6.01. The van der Waals surface area contributed by atoms with Gasteiger partial charge in [0.2, 0.25) is 0 Å². The van der Waals surface area contributed by atoms with Gasteiger partial charge in [-0.1, -0.05) is 60.7 Å². The lowest BCUT2D eigenvalue weighted by Gasteiger charge is -2.16. The third-order valence-electron chi connectivity index (χ3n) is 3.84. The van der Waals surface area contributed by atoms with Crippen LogP contribution in [0.2, 0.25) is 0 Å². The molecule has 0 saturated heterocycles. The summed E-state index contributed by atoms with van der Waals surface area (Å²) in [4.78, 5) is 6.70. The molecule has 0 aliphatic carbocycles. The number of nitrogens with two attached hydrogens (primary N) is 1. The number of hydrogen-bond acceptors (Lipinski definition) is 2. The summed E-state index contributed by atoms with van der Waals surface area (Å²) in [6, 6.07) is 20.9. The minimum absolute atomic E-state index is 0. The molecule has 2 rings (SSSR count). The van der Waals surface area contributed by atoms with Gasteiger partial charge in [0, 0.05) is 19.6 Å². The summed E-state index contributed by atoms with van der Waals surface area (Å²) >= 11 is 0. The highest BCUT2D eigenvalue weighted by Gasteiger charge is 1.99. The van der Waals surface area contributed by atoms with Gasteiger partial charge in [-0.3, -0.25) is 4.99 Å². The number of rotatable bonds is 9. The van der Waals surface area contributed by atoms with E-state index in [4.69, 9.17) is 5.73 Å². The van der Waals surface area contributed by atoms with Crippen LogP contribution in [-0.4, -0.2) is 37.5 Å². The summed E-state index contributed by atoms with van der Waals surface area (Å²) in [7, 11) is 2.14. The fourth-order valence-electron chi connectivity index (χ4n) is 2.55. The predicted molar refractivity (Wildman–Crippen MR) is 117 cm³/mol. The zero-order valence-corrected chi connectivity index (χ0v) is 17.2. The number of nitrogens with zero attached hydrogens (tertiary/aromatic N) is 2. The Hall–Kier alpha value is -1.60. The summed E-state index contributed by atoms with van der Waals surface area (Å²) in [5.41, 5.74) is 8.55. The van der Waals surface area contributed by atoms with Crippen molar-refractivity contribution < 1.29 is 0 Å². The SMILES string of the molecule is CN(CCCN=C(N)NCCc1ccccc1)Cc1ccccc1.I. The molecule has 0 bridgehead atoms. The van der Waals surface area contributed by atoms with Crippen LogP contribution in [0.1, 0.15) is 17.5 Å². The summed E-state index contributed by atoms with van der Waals surface area (Å²) < 4.78 is 0. The Bertz CT molecular complexity index is 602. The molecule has 5 heteroatoms. The lowest BCUT2D eigenvalue weighted by atomic mass is 10.1. The molecule has 0 saturated carbocycles. The molecule has 25 heavy (non-hydrogen) atoms. The Morgan fingerprint density at radius 1 is 1.00 bits per heavy atom. The van der Waals surface area contributed by atoms with Gasteiger partial charge in [0.1, 0.15) is 0 Å². The molecule has 3 N–H and O–H groups in total. The Kier molecular flexibility index (Phi) is 10.9. The highest BCUT2D eigenvalue weighted by molar-refractivity contribution is 14.0. The maximum atomic E-state index is 5.90. The lowest BCUT2D eigenvalue weighted by molar-refractivity contribution is 0.324. The van der Waals surface area contributed by atoms with Crippen LogP contribution in [0.25, 0.3) is 0 Å². The van der Waals surface area contributed by atoms with Crippen molar-refractivity contribution in [3.05, 3.63) is 71.8 Å². The number of hydrogen-bond donors (Lipinski definition) is 2. The molecule has 2 aromatic rings. The van der Waals surface area contributed by atoms with Crippen LogP contribution in [0.3, 0.4) is 0 Å². The minimum atomic E-state index is 0. The van der Waals surface area contributed by atoms with Gasteiger partial charge in [-0.05, 0) is 37.6 Å². The number of benzene rings is 2. The second-order valence-electron chi connectivity index (χ2n) is 6.01. The maximum absolute atomic E-state index is 5.90. The normalized spacial score (nSPS) is 11.2. The van der Waals surface area contributed by atoms with Gasteiger partial charge in [-0.25, -0.2) is 0 Å². The van der Waals surface area contributed by atoms with E-state index in [9.17, 15) is 0 Å². The molecule has 0 amide bonds. The zero-order valence-electron chi connectivity index (χ0n) is 14.9. The van der Waals surface area contributed by atoms with Crippen LogP contribution in [-0.2, 0) is 13.0 Å². The Morgan fingerprint density at radius 3 is 2.24 bits per heavy atom. The first-order chi connectivity index (χ1) is 11.7. The molecule has 0 spiro atoms. The van der Waals surface area contributed by atoms with Gasteiger partial charge >= 0.3 is 0 Å². The Labute approximate surface area is 168 Å². The van der Waals surface area contributed by atoms with Crippen LogP contribution in [0.5, 0.6) is 0 Å². The van der Waals surface area contributed by atoms with Gasteiger partial charge in [-0.2, -0.15) is 0 Å². The van der Waals surface area contributed by atoms with Gasteiger partial charge in [0.25, 0.3) is 0 Å². The van der Waals surface area contributed by atoms with E-state index in [2.05, 4.69) is 70.8 Å². The topological polar surface area (TPSA) is 53.6 Å². The van der Waals surface area contributed by atoms with Crippen molar-refractivity contribution in [3.63, 3.8) is 0 Å². The van der Waals surface area contributed by atoms with E-state index < -0.39 is 0 Å². The maximum Gasteiger partial charge on any atom is 0.188 e. The first kappa shape index (κ1) is 21.4. The quantitative estimate of drug-likeness (QED) is 0.266. The number of halogens is 1. The largest absolute Gasteiger partial charge is 0.370 e. The average molecular weight is 452 g/mol. The number of aliphatic imine (C=N–C) groups is 1. The second kappa shape index (κ2) is 12.7. The molecule has 0 aromatic heterocycles. The van der Waals surface area contributed by atoms with E-state index in [0.29, 0.717) is 5.96 Å². The van der Waals surface area contributed by atoms with Gasteiger partial charge in [0.05, 0.1) is 0 Å². The molecular weight excluding hydrogens is 423 g/mol. The fourth-order valence-corrected chi connectivity index (χ4v) is 2.55. The van der Waals surface area contributed by atoms with E-state index in [1.54, 1.807) is 0 Å². The van der Waals surface area contributed by atoms with Crippen LogP contribution in [0, 0.1) is 0 Å². The van der Waals surface area contributed by atoms with Crippen molar-refractivity contribution in [1.82, 2.24) is 10.2 Å². The third kappa shape index (κ3) is 9.45. The Morgan fingerprint density at radius 2 is 1.60 bits per heavy atom. The van der Waals surface area contributed by atoms with Crippen molar-refractivity contribution in [2.24, 2.45) is 10.7 Å². The molecule has 0 aliphatic rings. The molecule has 0 heterocycles. The minimum Gasteiger partial charge on any atom is -0.370 e. The van der Waals surface area contributed by atoms with Crippen LogP contribution >= 0.6 is 24.0 Å². The molecule has 0 fully saturated rings. The average Bonchev–Trinajstić information content (AvgIpc) is 2.60. The van der Waals surface area contributed by atoms with Gasteiger partial charge in [-0.15, -0.1) is 24.0 Å². The Balaban J connectivity index is 0.00000312. The first-order valence-corrected chi connectivity index (χ1v) is 8.54. The third-order valence-corrected chi connectivity index (χ3v) is 3.84. The van der Waals surface area contributed by atoms with Crippen molar-refractivity contribution in [1.29, 1.82) is 0 Å². The molecule has 136 valence electrons. The molecule has 2 aromatic carbocycles. The van der Waals surface area contributed by atoms with E-state index in [0.717, 1.165) is 39.0 Å². The standard InChI is InChI=1S/C20H28N4.HI/c1-24(17-19-11-6-3-7-12-19)16-8-14-22-20(21)23-15-13-18-9-4-2-5-10-18;/h2-7,9-12H,8,13-17H2,1H3,(H3,21,22,23);1H. The van der Waals surface area contributed by atoms with Crippen molar-refractivity contribution in [3.8, 4) is 0 Å². The van der Waals surface area contributed by atoms with E-state index in [-0.39, 0.29) is 24.0 Å². The summed E-state index contributed by atoms with van der Waals surface area (Å²) in [6.07, 6.45) is 1.96. The van der Waals surface area contributed by atoms with Crippen molar-refractivity contribution in [2.75, 3.05) is 26.7 Å². The monoisotopic (exact) mass is 452 g/mol. The molecule has 0 atom stereocenters. The highest BCUT2D eigenvalue weighted by Crippen LogP contribution is 2.03. The first-order valence-electron chi connectivity index (χ1n) is 8.54. The fraction of sp³-hybridized carbons (Fsp3) is 0.350. The lowest BCUT2D eigenvalue weighted by Crippen LogP contribution is -2.33. The molecule has 4 nitrogen and oxygen atoms in total. The van der Waals surface area contributed by atoms with Gasteiger partial charge < -0.3 is 16.0 Å². The number of guanidine groups is 1. The number of nitrogens with one attached hydrogen (secondary N) is 1. The highest BCUT2D eigenvalue weighted by atomic mass is 127. The van der Waals surface area contributed by atoms with E-state index in [1.165, 1.54) is 11.1 Å². The van der Waals surface area contributed by atoms with E-state index in [1.807, 2.05) is 12.1 Å². The van der Waals surface area contributed by atoms with Crippen LogP contribution < -0.4 is 11.1 Å². The summed E-state index contributed by atoms with van der Waals surface area (Å²) in [5.74, 6) is 0.539. The molecule has 0 unspecified atom stereocenters. The van der Waals surface area contributed by atoms with Gasteiger partial charge in [0.15, 0.2) is 5.96 Å². The van der Waals surface area contributed by atoms with E-state index >= 15 is 0 Å². The zero-order chi connectivity index (χ0) is 17.0. The molecular formula is C20H29IN4. The predicted octanol–water partition coefficient (Wildman–Crippen LogP) is 3.27. The van der Waals surface area contributed by atoms with Crippen LogP contribution in [0.15, 0.2) is 65.7 Å². The summed E-state index contributed by atoms with van der Waals surface area (Å²) in [6.45, 7) is 3.54. The van der Waals surface area contributed by atoms with Crippen molar-refractivity contribution >= 4 is 29.9 Å². The molecule has 0 radical (unpaired) electrons.